The number of ether oxygens (including phenoxy) is 1. The molecule has 0 atom stereocenters. The van der Waals surface area contributed by atoms with Crippen molar-refractivity contribution in [3.05, 3.63) is 114 Å². The van der Waals surface area contributed by atoms with E-state index in [-0.39, 0.29) is 58.5 Å². The molecule has 0 aliphatic carbocycles. The molecule has 1 aliphatic heterocycles. The van der Waals surface area contributed by atoms with E-state index in [1.807, 2.05) is 30.3 Å². The lowest BCUT2D eigenvalue weighted by Crippen LogP contribution is -2.41. The number of imidazole rings is 1. The predicted octanol–water partition coefficient (Wildman–Crippen LogP) is 5.85. The molecule has 4 aromatic rings. The van der Waals surface area contributed by atoms with Crippen molar-refractivity contribution in [1.29, 1.82) is 0 Å². The molecule has 8 nitrogen and oxygen atoms in total. The second-order valence-corrected chi connectivity index (χ2v) is 10.7. The maximum absolute atomic E-state index is 13.8. The van der Waals surface area contributed by atoms with Gasteiger partial charge < -0.3 is 15.0 Å². The van der Waals surface area contributed by atoms with E-state index in [4.69, 9.17) is 51.1 Å². The Hall–Kier alpha value is -3.43. The van der Waals surface area contributed by atoms with E-state index < -0.39 is 11.6 Å². The maximum Gasteiger partial charge on any atom is 0.333 e. The summed E-state index contributed by atoms with van der Waals surface area (Å²) < 4.78 is 7.91. The molecule has 1 N–H and O–H groups in total. The fourth-order valence-electron chi connectivity index (χ4n) is 4.62. The molecule has 0 saturated heterocycles. The highest BCUT2D eigenvalue weighted by Crippen LogP contribution is 2.35. The number of methoxy groups -OCH3 is 1. The molecule has 12 heteroatoms. The van der Waals surface area contributed by atoms with Crippen LogP contribution in [0.1, 0.15) is 32.1 Å². The Kier molecular flexibility index (Phi) is 8.14. The number of carbonyl (C=O) groups is 2. The molecule has 206 valence electrons. The van der Waals surface area contributed by atoms with Crippen LogP contribution in [0.3, 0.4) is 0 Å². The first-order chi connectivity index (χ1) is 19.2. The summed E-state index contributed by atoms with van der Waals surface area (Å²) in [6.45, 7) is 0.582. The number of nitrogens with zero attached hydrogens (tertiary/aromatic N) is 3. The van der Waals surface area contributed by atoms with E-state index in [1.54, 1.807) is 17.0 Å². The fourth-order valence-corrected chi connectivity index (χ4v) is 5.56. The zero-order valence-corrected chi connectivity index (χ0v) is 24.1. The highest BCUT2D eigenvalue weighted by Gasteiger charge is 2.33. The number of carbonyl (C=O) groups excluding carboxylic acids is 2. The molecule has 2 heterocycles. The number of aromatic nitrogens is 2. The molecule has 0 bridgehead atoms. The predicted molar refractivity (Wildman–Crippen MR) is 155 cm³/mol. The van der Waals surface area contributed by atoms with Crippen LogP contribution in [0.5, 0.6) is 5.75 Å². The van der Waals surface area contributed by atoms with Crippen LogP contribution in [0.2, 0.25) is 20.1 Å². The van der Waals surface area contributed by atoms with E-state index in [0.717, 1.165) is 5.56 Å². The van der Waals surface area contributed by atoms with Crippen LogP contribution in [0.4, 0.5) is 0 Å². The van der Waals surface area contributed by atoms with Gasteiger partial charge in [0, 0.05) is 37.3 Å². The van der Waals surface area contributed by atoms with Gasteiger partial charge in [-0.2, -0.15) is 0 Å². The highest BCUT2D eigenvalue weighted by atomic mass is 35.5. The second kappa shape index (κ2) is 11.6. The van der Waals surface area contributed by atoms with E-state index in [2.05, 4.69) is 5.32 Å². The topological polar surface area (TPSA) is 85.6 Å². The molecule has 40 heavy (non-hydrogen) atoms. The van der Waals surface area contributed by atoms with Crippen LogP contribution in [0.25, 0.3) is 5.69 Å². The normalized spacial score (nSPS) is 12.7. The van der Waals surface area contributed by atoms with Gasteiger partial charge in [-0.05, 0) is 23.8 Å². The molecule has 0 spiro atoms. The maximum atomic E-state index is 13.8. The van der Waals surface area contributed by atoms with Gasteiger partial charge in [0.15, 0.2) is 0 Å². The fraction of sp³-hybridized carbons (Fsp3) is 0.179. The van der Waals surface area contributed by atoms with Gasteiger partial charge in [0.05, 0.1) is 45.1 Å². The van der Waals surface area contributed by atoms with Crippen molar-refractivity contribution >= 4 is 58.2 Å². The molecule has 0 saturated carbocycles. The first-order valence-electron chi connectivity index (χ1n) is 12.1. The minimum absolute atomic E-state index is 0.0131. The minimum Gasteiger partial charge on any atom is -0.497 e. The van der Waals surface area contributed by atoms with Crippen molar-refractivity contribution in [3.8, 4) is 11.4 Å². The summed E-state index contributed by atoms with van der Waals surface area (Å²) in [6.07, 6.45) is 0. The number of hydrogen-bond donors (Lipinski definition) is 1. The molecule has 3 aromatic carbocycles. The van der Waals surface area contributed by atoms with E-state index in [9.17, 15) is 14.4 Å². The molecule has 1 aliphatic rings. The van der Waals surface area contributed by atoms with E-state index in [0.29, 0.717) is 22.0 Å². The summed E-state index contributed by atoms with van der Waals surface area (Å²) >= 11 is 25.3. The van der Waals surface area contributed by atoms with Crippen molar-refractivity contribution in [2.75, 3.05) is 13.7 Å². The summed E-state index contributed by atoms with van der Waals surface area (Å²) in [4.78, 5) is 42.4. The Bertz CT molecular complexity index is 1660. The molecule has 2 amide bonds. The van der Waals surface area contributed by atoms with Gasteiger partial charge in [-0.3, -0.25) is 18.7 Å². The first kappa shape index (κ1) is 28.1. The quantitative estimate of drug-likeness (QED) is 0.294. The number of benzene rings is 3. The standard InChI is InChI=1S/C28H22Cl4N4O4/c1-40-18-12-21(31)24(22(32)13-18)36-25(26(37)33-14-16-5-3-2-4-6-16)23-15-34(9-10-35(23)28(36)39)27(38)17-7-8-19(29)20(30)11-17/h2-8,11-13H,9-10,14-15H2,1H3,(H,33,37). The van der Waals surface area contributed by atoms with Crippen molar-refractivity contribution in [1.82, 2.24) is 19.4 Å². The van der Waals surface area contributed by atoms with Gasteiger partial charge in [-0.15, -0.1) is 0 Å². The Morgan fingerprint density at radius 1 is 0.900 bits per heavy atom. The van der Waals surface area contributed by atoms with Crippen molar-refractivity contribution < 1.29 is 14.3 Å². The van der Waals surface area contributed by atoms with Gasteiger partial charge in [-0.1, -0.05) is 76.7 Å². The third kappa shape index (κ3) is 5.32. The summed E-state index contributed by atoms with van der Waals surface area (Å²) in [6, 6.07) is 17.0. The summed E-state index contributed by atoms with van der Waals surface area (Å²) in [7, 11) is 1.47. The van der Waals surface area contributed by atoms with Gasteiger partial charge >= 0.3 is 5.69 Å². The van der Waals surface area contributed by atoms with Gasteiger partial charge in [0.1, 0.15) is 11.4 Å². The average Bonchev–Trinajstić information content (AvgIpc) is 3.24. The zero-order chi connectivity index (χ0) is 28.6. The third-order valence-corrected chi connectivity index (χ3v) is 7.91. The zero-order valence-electron chi connectivity index (χ0n) is 21.1. The van der Waals surface area contributed by atoms with Crippen molar-refractivity contribution in [2.45, 2.75) is 19.6 Å². The highest BCUT2D eigenvalue weighted by molar-refractivity contribution is 6.42. The Morgan fingerprint density at radius 3 is 2.25 bits per heavy atom. The Morgan fingerprint density at radius 2 is 1.60 bits per heavy atom. The Labute approximate surface area is 249 Å². The lowest BCUT2D eigenvalue weighted by Gasteiger charge is -2.28. The molecule has 0 radical (unpaired) electrons. The average molecular weight is 620 g/mol. The van der Waals surface area contributed by atoms with Crippen LogP contribution >= 0.6 is 46.4 Å². The number of nitrogens with one attached hydrogen (secondary N) is 1. The lowest BCUT2D eigenvalue weighted by atomic mass is 10.1. The number of rotatable bonds is 6. The van der Waals surface area contributed by atoms with Crippen LogP contribution < -0.4 is 15.7 Å². The van der Waals surface area contributed by atoms with Crippen LogP contribution in [-0.4, -0.2) is 39.5 Å². The number of amides is 2. The molecule has 5 rings (SSSR count). The van der Waals surface area contributed by atoms with Crippen molar-refractivity contribution in [3.63, 3.8) is 0 Å². The largest absolute Gasteiger partial charge is 0.497 e. The van der Waals surface area contributed by atoms with Crippen molar-refractivity contribution in [2.24, 2.45) is 0 Å². The molecule has 1 aromatic heterocycles. The number of halogens is 4. The van der Waals surface area contributed by atoms with Gasteiger partial charge in [0.25, 0.3) is 11.8 Å². The Balaban J connectivity index is 1.60. The monoisotopic (exact) mass is 618 g/mol. The molecular formula is C28H22Cl4N4O4. The smallest absolute Gasteiger partial charge is 0.333 e. The van der Waals surface area contributed by atoms with E-state index in [1.165, 1.54) is 34.4 Å². The lowest BCUT2D eigenvalue weighted by molar-refractivity contribution is 0.0706. The molecule has 0 fully saturated rings. The second-order valence-electron chi connectivity index (χ2n) is 9.03. The molecular weight excluding hydrogens is 598 g/mol. The molecule has 0 unspecified atom stereocenters. The summed E-state index contributed by atoms with van der Waals surface area (Å²) in [5.41, 5.74) is 1.22. The summed E-state index contributed by atoms with van der Waals surface area (Å²) in [5, 5.41) is 3.70. The summed E-state index contributed by atoms with van der Waals surface area (Å²) in [5.74, 6) is -0.452. The van der Waals surface area contributed by atoms with Crippen LogP contribution in [0, 0.1) is 0 Å². The first-order valence-corrected chi connectivity index (χ1v) is 13.6. The van der Waals surface area contributed by atoms with Gasteiger partial charge in [0.2, 0.25) is 0 Å². The van der Waals surface area contributed by atoms with E-state index >= 15 is 0 Å². The number of hydrogen-bond acceptors (Lipinski definition) is 4. The van der Waals surface area contributed by atoms with Gasteiger partial charge in [-0.25, -0.2) is 4.79 Å². The van der Waals surface area contributed by atoms with Crippen LogP contribution in [-0.2, 0) is 19.6 Å². The third-order valence-electron chi connectivity index (χ3n) is 6.59. The van der Waals surface area contributed by atoms with Crippen LogP contribution in [0.15, 0.2) is 65.5 Å². The number of fused-ring (bicyclic) bond motifs is 1. The SMILES string of the molecule is COc1cc(Cl)c(-n2c(C(=O)NCc3ccccc3)c3n(c2=O)CCN(C(=O)c2ccc(Cl)c(Cl)c2)C3)c(Cl)c1. The minimum atomic E-state index is -0.526.